The van der Waals surface area contributed by atoms with Crippen LogP contribution in [0, 0.1) is 11.3 Å². The first kappa shape index (κ1) is 32.4. The Bertz CT molecular complexity index is 1370. The first-order valence-corrected chi connectivity index (χ1v) is 19.1. The van der Waals surface area contributed by atoms with Gasteiger partial charge in [0, 0.05) is 45.6 Å². The SMILES string of the molecule is CC(C)(C)OC(=O)N1CCC(c2ccc(NC(=O)c3nc(C#N)cn3COCC[Si](C)(C)C)c(C3=CCCCC3)n2)CC1. The predicted molar refractivity (Wildman–Crippen MR) is 169 cm³/mol. The summed E-state index contributed by atoms with van der Waals surface area (Å²) in [5, 5.41) is 12.5. The van der Waals surface area contributed by atoms with Crippen molar-refractivity contribution in [2.75, 3.05) is 25.0 Å². The Morgan fingerprint density at radius 1 is 1.14 bits per heavy atom. The van der Waals surface area contributed by atoms with Gasteiger partial charge in [0.25, 0.3) is 5.91 Å². The Hall–Kier alpha value is -3.49. The maximum Gasteiger partial charge on any atom is 0.410 e. The number of anilines is 1. The van der Waals surface area contributed by atoms with Gasteiger partial charge in [-0.05, 0) is 83.0 Å². The number of nitrogens with zero attached hydrogens (tertiary/aromatic N) is 5. The summed E-state index contributed by atoms with van der Waals surface area (Å²) in [5.41, 5.74) is 3.15. The monoisotopic (exact) mass is 606 g/mol. The lowest BCUT2D eigenvalue weighted by atomic mass is 9.91. The number of nitrogens with one attached hydrogen (secondary N) is 1. The molecule has 4 rings (SSSR count). The number of carbonyl (C=O) groups excluding carboxylic acids is 2. The first-order chi connectivity index (χ1) is 20.3. The number of hydrogen-bond acceptors (Lipinski definition) is 7. The van der Waals surface area contributed by atoms with E-state index in [1.54, 1.807) is 15.7 Å². The average molecular weight is 607 g/mol. The molecule has 0 radical (unpaired) electrons. The van der Waals surface area contributed by atoms with E-state index in [1.807, 2.05) is 39.0 Å². The molecule has 2 aromatic rings. The van der Waals surface area contributed by atoms with Crippen LogP contribution in [0.4, 0.5) is 10.5 Å². The van der Waals surface area contributed by atoms with E-state index >= 15 is 0 Å². The van der Waals surface area contributed by atoms with Crippen LogP contribution in [0.3, 0.4) is 0 Å². The Kier molecular flexibility index (Phi) is 10.5. The number of allylic oxidation sites excluding steroid dienone is 2. The van der Waals surface area contributed by atoms with Gasteiger partial charge in [0.2, 0.25) is 5.82 Å². The van der Waals surface area contributed by atoms with Crippen LogP contribution in [0.15, 0.2) is 24.4 Å². The minimum Gasteiger partial charge on any atom is -0.444 e. The molecule has 1 fully saturated rings. The Morgan fingerprint density at radius 3 is 2.51 bits per heavy atom. The van der Waals surface area contributed by atoms with Crippen molar-refractivity contribution < 1.29 is 19.1 Å². The molecule has 0 saturated carbocycles. The largest absolute Gasteiger partial charge is 0.444 e. The smallest absolute Gasteiger partial charge is 0.410 e. The summed E-state index contributed by atoms with van der Waals surface area (Å²) in [6.07, 6.45) is 9.18. The van der Waals surface area contributed by atoms with Crippen molar-refractivity contribution in [2.24, 2.45) is 0 Å². The van der Waals surface area contributed by atoms with Crippen molar-refractivity contribution in [3.05, 3.63) is 47.3 Å². The average Bonchev–Trinajstić information content (AvgIpc) is 3.38. The van der Waals surface area contributed by atoms with Crippen molar-refractivity contribution in [1.82, 2.24) is 19.4 Å². The molecule has 0 spiro atoms. The number of imidazole rings is 1. The van der Waals surface area contributed by atoms with E-state index in [4.69, 9.17) is 14.5 Å². The van der Waals surface area contributed by atoms with Crippen LogP contribution < -0.4 is 5.32 Å². The summed E-state index contributed by atoms with van der Waals surface area (Å²) in [6.45, 7) is 14.5. The van der Waals surface area contributed by atoms with E-state index in [1.165, 1.54) is 0 Å². The Morgan fingerprint density at radius 2 is 1.88 bits per heavy atom. The van der Waals surface area contributed by atoms with E-state index in [0.29, 0.717) is 25.4 Å². The highest BCUT2D eigenvalue weighted by Crippen LogP contribution is 2.34. The van der Waals surface area contributed by atoms with Crippen LogP contribution in [0.2, 0.25) is 25.7 Å². The number of rotatable bonds is 9. The second kappa shape index (κ2) is 13.9. The number of carbonyl (C=O) groups is 2. The van der Waals surface area contributed by atoms with Gasteiger partial charge >= 0.3 is 6.09 Å². The van der Waals surface area contributed by atoms with Crippen LogP contribution in [0.1, 0.15) is 92.9 Å². The Labute approximate surface area is 256 Å². The van der Waals surface area contributed by atoms with E-state index in [2.05, 4.69) is 36.0 Å². The van der Waals surface area contributed by atoms with Crippen LogP contribution >= 0.6 is 0 Å². The van der Waals surface area contributed by atoms with Crippen molar-refractivity contribution in [2.45, 2.75) is 103 Å². The molecule has 1 saturated heterocycles. The molecule has 0 unspecified atom stereocenters. The number of amides is 2. The summed E-state index contributed by atoms with van der Waals surface area (Å²) in [4.78, 5) is 37.2. The molecule has 0 atom stereocenters. The molecule has 1 N–H and O–H groups in total. The van der Waals surface area contributed by atoms with E-state index in [9.17, 15) is 14.9 Å². The van der Waals surface area contributed by atoms with Crippen molar-refractivity contribution in [3.8, 4) is 6.07 Å². The number of aromatic nitrogens is 3. The second-order valence-corrected chi connectivity index (χ2v) is 19.3. The van der Waals surface area contributed by atoms with Crippen molar-refractivity contribution in [3.63, 3.8) is 0 Å². The van der Waals surface area contributed by atoms with Gasteiger partial charge in [-0.1, -0.05) is 25.7 Å². The third kappa shape index (κ3) is 9.24. The number of piperidine rings is 1. The van der Waals surface area contributed by atoms with E-state index in [0.717, 1.165) is 61.5 Å². The summed E-state index contributed by atoms with van der Waals surface area (Å²) in [7, 11) is -1.26. The van der Waals surface area contributed by atoms with Gasteiger partial charge in [0.1, 0.15) is 18.4 Å². The first-order valence-electron chi connectivity index (χ1n) is 15.4. The van der Waals surface area contributed by atoms with Crippen LogP contribution in [-0.2, 0) is 16.2 Å². The minimum atomic E-state index is -1.26. The lowest BCUT2D eigenvalue weighted by molar-refractivity contribution is 0.0204. The fourth-order valence-corrected chi connectivity index (χ4v) is 6.01. The quantitative estimate of drug-likeness (QED) is 0.246. The zero-order valence-corrected chi connectivity index (χ0v) is 27.5. The highest BCUT2D eigenvalue weighted by atomic mass is 28.3. The third-order valence-electron chi connectivity index (χ3n) is 7.65. The summed E-state index contributed by atoms with van der Waals surface area (Å²) in [5.74, 6) is -0.0725. The topological polar surface area (TPSA) is 122 Å². The maximum atomic E-state index is 13.5. The summed E-state index contributed by atoms with van der Waals surface area (Å²) >= 11 is 0. The molecule has 0 aromatic carbocycles. The van der Waals surface area contributed by atoms with E-state index < -0.39 is 19.6 Å². The van der Waals surface area contributed by atoms with Crippen molar-refractivity contribution in [1.29, 1.82) is 5.26 Å². The number of pyridine rings is 1. The lowest BCUT2D eigenvalue weighted by Crippen LogP contribution is -2.41. The second-order valence-electron chi connectivity index (χ2n) is 13.7. The molecule has 2 amide bonds. The van der Waals surface area contributed by atoms with Gasteiger partial charge in [-0.3, -0.25) is 9.78 Å². The zero-order valence-electron chi connectivity index (χ0n) is 26.5. The van der Waals surface area contributed by atoms with Gasteiger partial charge in [-0.25, -0.2) is 9.78 Å². The normalized spacial score (nSPS) is 16.4. The van der Waals surface area contributed by atoms with Gasteiger partial charge in [0.15, 0.2) is 5.69 Å². The fourth-order valence-electron chi connectivity index (χ4n) is 5.25. The van der Waals surface area contributed by atoms with Crippen LogP contribution in [0.25, 0.3) is 5.57 Å². The molecule has 0 bridgehead atoms. The number of nitriles is 1. The van der Waals surface area contributed by atoms with E-state index in [-0.39, 0.29) is 30.3 Å². The molecule has 2 aromatic heterocycles. The molecule has 232 valence electrons. The molecule has 2 aliphatic rings. The lowest BCUT2D eigenvalue weighted by Gasteiger charge is -2.33. The molecule has 1 aliphatic heterocycles. The van der Waals surface area contributed by atoms with Gasteiger partial charge in [-0.15, -0.1) is 0 Å². The van der Waals surface area contributed by atoms with Gasteiger partial charge < -0.3 is 24.3 Å². The fraction of sp³-hybridized carbons (Fsp3) is 0.594. The molecule has 10 nitrogen and oxygen atoms in total. The van der Waals surface area contributed by atoms with Crippen LogP contribution in [-0.4, -0.2) is 64.8 Å². The summed E-state index contributed by atoms with van der Waals surface area (Å²) in [6, 6.07) is 6.94. The minimum absolute atomic E-state index is 0.131. The number of hydrogen-bond donors (Lipinski definition) is 1. The molecule has 3 heterocycles. The number of ether oxygens (including phenoxy) is 2. The summed E-state index contributed by atoms with van der Waals surface area (Å²) < 4.78 is 13.0. The third-order valence-corrected chi connectivity index (χ3v) is 9.35. The van der Waals surface area contributed by atoms with Gasteiger partial charge in [-0.2, -0.15) is 5.26 Å². The molecule has 11 heteroatoms. The Balaban J connectivity index is 1.51. The molecule has 43 heavy (non-hydrogen) atoms. The molecular weight excluding hydrogens is 560 g/mol. The molecular formula is C32H46N6O4Si. The highest BCUT2D eigenvalue weighted by molar-refractivity contribution is 6.76. The highest BCUT2D eigenvalue weighted by Gasteiger charge is 2.29. The van der Waals surface area contributed by atoms with Gasteiger partial charge in [0.05, 0.1) is 11.4 Å². The van der Waals surface area contributed by atoms with Crippen LogP contribution in [0.5, 0.6) is 0 Å². The van der Waals surface area contributed by atoms with Crippen molar-refractivity contribution >= 4 is 31.3 Å². The molecule has 1 aliphatic carbocycles. The predicted octanol–water partition coefficient (Wildman–Crippen LogP) is 6.79. The zero-order chi connectivity index (χ0) is 31.2. The maximum absolute atomic E-state index is 13.5. The standard InChI is InChI=1S/C32H46N6O4Si/c1-32(2,3)42-31(40)37-16-14-23(15-17-37)26-12-13-27(28(35-26)24-10-8-7-9-11-24)36-30(39)29-34-25(20-33)21-38(29)22-41-18-19-43(4,5)6/h10,12-13,21,23H,7-9,11,14-19,22H2,1-6H3,(H,36,39). The number of likely N-dealkylation sites (tertiary alicyclic amines) is 1.